The highest BCUT2D eigenvalue weighted by Gasteiger charge is 2.19. The van der Waals surface area contributed by atoms with Gasteiger partial charge in [0.2, 0.25) is 5.28 Å². The van der Waals surface area contributed by atoms with Crippen molar-refractivity contribution in [3.05, 3.63) is 62.9 Å². The van der Waals surface area contributed by atoms with Crippen LogP contribution in [0.1, 0.15) is 38.8 Å². The topological polar surface area (TPSA) is 70.8 Å². The van der Waals surface area contributed by atoms with Crippen molar-refractivity contribution in [2.45, 2.75) is 33.1 Å². The maximum absolute atomic E-state index is 9.56. The zero-order valence-corrected chi connectivity index (χ0v) is 16.6. The Bertz CT molecular complexity index is 821. The lowest BCUT2D eigenvalue weighted by Gasteiger charge is -2.11. The number of methoxy groups -OCH3 is 1. The normalized spacial score (nSPS) is 16.7. The van der Waals surface area contributed by atoms with E-state index in [9.17, 15) is 5.26 Å². The number of nitriles is 1. The average Bonchev–Trinajstić information content (AvgIpc) is 3.11. The zero-order chi connectivity index (χ0) is 18.9. The van der Waals surface area contributed by atoms with Crippen LogP contribution >= 0.6 is 23.4 Å². The van der Waals surface area contributed by atoms with Crippen molar-refractivity contribution < 1.29 is 4.74 Å². The molecule has 26 heavy (non-hydrogen) atoms. The summed E-state index contributed by atoms with van der Waals surface area (Å²) in [6.45, 7) is 4.05. The molecule has 0 aromatic carbocycles. The predicted molar refractivity (Wildman–Crippen MR) is 107 cm³/mol. The quantitative estimate of drug-likeness (QED) is 0.395. The second-order valence-electron chi connectivity index (χ2n) is 5.50. The average molecular weight is 389 g/mol. The molecule has 7 heteroatoms. The first-order valence-corrected chi connectivity index (χ1v) is 9.52. The smallest absolute Gasteiger partial charge is 0.222 e. The minimum Gasteiger partial charge on any atom is -0.502 e. The molecule has 0 atom stereocenters. The molecule has 5 nitrogen and oxygen atoms in total. The molecular weight excluding hydrogens is 368 g/mol. The molecule has 2 heterocycles. The maximum atomic E-state index is 9.56. The van der Waals surface area contributed by atoms with Gasteiger partial charge in [-0.2, -0.15) is 5.26 Å². The first-order valence-electron chi connectivity index (χ1n) is 8.26. The van der Waals surface area contributed by atoms with E-state index in [4.69, 9.17) is 16.3 Å². The number of aromatic nitrogens is 2. The van der Waals surface area contributed by atoms with Crippen LogP contribution in [-0.2, 0) is 4.74 Å². The van der Waals surface area contributed by atoms with Gasteiger partial charge in [0.05, 0.1) is 23.6 Å². The molecule has 1 aromatic heterocycles. The third-order valence-electron chi connectivity index (χ3n) is 3.73. The summed E-state index contributed by atoms with van der Waals surface area (Å²) in [6.07, 6.45) is 8.54. The van der Waals surface area contributed by atoms with Crippen LogP contribution in [-0.4, -0.2) is 17.1 Å². The standard InChI is InChI=1S/C19H21ClN4OS/c1-4-6-14(8-5-7-13(2)25-3)17-12-26-18(23-17)15(11-21)16-9-10-22-19(20)24-16/h6-7,9-10,12,23H,4-5,8H2,1-3H3/b13-7+,14-6+,18-15-. The van der Waals surface area contributed by atoms with Gasteiger partial charge in [-0.1, -0.05) is 24.8 Å². The third-order valence-corrected chi connectivity index (χ3v) is 4.81. The van der Waals surface area contributed by atoms with Crippen molar-refractivity contribution in [2.24, 2.45) is 0 Å². The molecule has 0 fully saturated rings. The molecule has 1 aromatic rings. The third kappa shape index (κ3) is 5.38. The first-order chi connectivity index (χ1) is 12.6. The molecule has 1 aliphatic rings. The fraction of sp³-hybridized carbons (Fsp3) is 0.316. The van der Waals surface area contributed by atoms with Gasteiger partial charge in [-0.3, -0.25) is 0 Å². The number of halogens is 1. The lowest BCUT2D eigenvalue weighted by atomic mass is 10.1. The Labute approximate surface area is 163 Å². The summed E-state index contributed by atoms with van der Waals surface area (Å²) in [5.41, 5.74) is 3.20. The Kier molecular flexibility index (Phi) is 7.76. The second kappa shape index (κ2) is 10.0. The van der Waals surface area contributed by atoms with Gasteiger partial charge >= 0.3 is 0 Å². The molecule has 1 aliphatic heterocycles. The van der Waals surface area contributed by atoms with E-state index < -0.39 is 0 Å². The summed E-state index contributed by atoms with van der Waals surface area (Å²) < 4.78 is 5.18. The number of hydrogen-bond acceptors (Lipinski definition) is 6. The molecule has 2 rings (SSSR count). The van der Waals surface area contributed by atoms with Crippen LogP contribution in [0.25, 0.3) is 5.57 Å². The lowest BCUT2D eigenvalue weighted by molar-refractivity contribution is 0.292. The van der Waals surface area contributed by atoms with E-state index in [-0.39, 0.29) is 5.28 Å². The van der Waals surface area contributed by atoms with Gasteiger partial charge in [0.1, 0.15) is 11.6 Å². The highest BCUT2D eigenvalue weighted by Crippen LogP contribution is 2.34. The summed E-state index contributed by atoms with van der Waals surface area (Å²) in [4.78, 5) is 8.00. The predicted octanol–water partition coefficient (Wildman–Crippen LogP) is 5.17. The Morgan fingerprint density at radius 2 is 2.27 bits per heavy atom. The van der Waals surface area contributed by atoms with Gasteiger partial charge in [0, 0.05) is 17.3 Å². The van der Waals surface area contributed by atoms with Crippen molar-refractivity contribution in [1.29, 1.82) is 5.26 Å². The summed E-state index contributed by atoms with van der Waals surface area (Å²) in [5.74, 6) is 0.913. The second-order valence-corrected chi connectivity index (χ2v) is 6.71. The molecule has 136 valence electrons. The number of ether oxygens (including phenoxy) is 1. The first kappa shape index (κ1) is 20.1. The van der Waals surface area contributed by atoms with E-state index in [0.717, 1.165) is 35.7 Å². The number of allylic oxidation sites excluding steroid dienone is 5. The molecule has 0 bridgehead atoms. The molecule has 0 radical (unpaired) electrons. The molecule has 0 unspecified atom stereocenters. The van der Waals surface area contributed by atoms with Crippen LogP contribution in [0.3, 0.4) is 0 Å². The Balaban J connectivity index is 2.18. The van der Waals surface area contributed by atoms with Crippen molar-refractivity contribution in [3.63, 3.8) is 0 Å². The number of thioether (sulfide) groups is 1. The fourth-order valence-corrected chi connectivity index (χ4v) is 3.41. The molecule has 0 spiro atoms. The molecule has 1 N–H and O–H groups in total. The van der Waals surface area contributed by atoms with Crippen molar-refractivity contribution in [1.82, 2.24) is 15.3 Å². The van der Waals surface area contributed by atoms with Gasteiger partial charge in [-0.25, -0.2) is 9.97 Å². The monoisotopic (exact) mass is 388 g/mol. The Morgan fingerprint density at radius 3 is 2.92 bits per heavy atom. The van der Waals surface area contributed by atoms with Gasteiger partial charge in [-0.05, 0) is 55.5 Å². The summed E-state index contributed by atoms with van der Waals surface area (Å²) >= 11 is 7.33. The maximum Gasteiger partial charge on any atom is 0.222 e. The van der Waals surface area contributed by atoms with E-state index in [2.05, 4.69) is 40.4 Å². The van der Waals surface area contributed by atoms with Crippen LogP contribution in [0.15, 0.2) is 51.9 Å². The van der Waals surface area contributed by atoms with Crippen molar-refractivity contribution in [3.8, 4) is 6.07 Å². The van der Waals surface area contributed by atoms with Gasteiger partial charge in [0.25, 0.3) is 0 Å². The van der Waals surface area contributed by atoms with Crippen LogP contribution in [0.2, 0.25) is 5.28 Å². The molecule has 0 saturated heterocycles. The molecule has 0 amide bonds. The van der Waals surface area contributed by atoms with Crippen LogP contribution in [0.5, 0.6) is 0 Å². The Morgan fingerprint density at radius 1 is 1.46 bits per heavy atom. The van der Waals surface area contributed by atoms with Crippen molar-refractivity contribution in [2.75, 3.05) is 7.11 Å². The van der Waals surface area contributed by atoms with E-state index in [1.165, 1.54) is 17.3 Å². The number of rotatable bonds is 7. The summed E-state index contributed by atoms with van der Waals surface area (Å²) in [6, 6.07) is 3.89. The molecule has 0 aliphatic carbocycles. The largest absolute Gasteiger partial charge is 0.502 e. The number of hydrogen-bond donors (Lipinski definition) is 1. The zero-order valence-electron chi connectivity index (χ0n) is 15.0. The molecule has 0 saturated carbocycles. The Hall–Kier alpha value is -2.23. The van der Waals surface area contributed by atoms with Crippen LogP contribution in [0.4, 0.5) is 0 Å². The van der Waals surface area contributed by atoms with E-state index in [1.54, 1.807) is 19.4 Å². The molecular formula is C19H21ClN4OS. The summed E-state index contributed by atoms with van der Waals surface area (Å²) in [7, 11) is 1.67. The number of nitrogens with one attached hydrogen (secondary N) is 1. The minimum atomic E-state index is 0.124. The lowest BCUT2D eigenvalue weighted by Crippen LogP contribution is -2.10. The van der Waals surface area contributed by atoms with Gasteiger partial charge < -0.3 is 10.1 Å². The van der Waals surface area contributed by atoms with Crippen LogP contribution < -0.4 is 5.32 Å². The minimum absolute atomic E-state index is 0.124. The fourth-order valence-electron chi connectivity index (χ4n) is 2.38. The SMILES string of the molecule is CC/C=C(\CC/C=C(\C)OC)C1=CS/C(=C(/C#N)c2ccnc(Cl)n2)N1. The van der Waals surface area contributed by atoms with E-state index in [0.29, 0.717) is 11.3 Å². The van der Waals surface area contributed by atoms with Gasteiger partial charge in [-0.15, -0.1) is 0 Å². The number of nitrogens with zero attached hydrogens (tertiary/aromatic N) is 3. The van der Waals surface area contributed by atoms with E-state index in [1.807, 2.05) is 12.3 Å². The highest BCUT2D eigenvalue weighted by molar-refractivity contribution is 8.06. The van der Waals surface area contributed by atoms with E-state index >= 15 is 0 Å². The summed E-state index contributed by atoms with van der Waals surface area (Å²) in [5, 5.41) is 15.8. The van der Waals surface area contributed by atoms with Crippen molar-refractivity contribution >= 4 is 28.9 Å². The van der Waals surface area contributed by atoms with Crippen LogP contribution in [0, 0.1) is 11.3 Å². The highest BCUT2D eigenvalue weighted by atomic mass is 35.5. The van der Waals surface area contributed by atoms with Gasteiger partial charge in [0.15, 0.2) is 0 Å².